The van der Waals surface area contributed by atoms with Gasteiger partial charge in [0.05, 0.1) is 6.61 Å². The molecule has 0 amide bonds. The van der Waals surface area contributed by atoms with Crippen LogP contribution in [-0.4, -0.2) is 46.6 Å². The van der Waals surface area contributed by atoms with Crippen LogP contribution >= 0.6 is 0 Å². The maximum atomic E-state index is 11.4. The maximum absolute atomic E-state index is 11.4. The highest BCUT2D eigenvalue weighted by atomic mass is 16.5. The third-order valence-corrected chi connectivity index (χ3v) is 7.63. The number of aliphatic hydroxyl groups excluding tert-OH is 2. The molecule has 0 fully saturated rings. The number of carbonyl (C=O) groups is 2. The number of ether oxygens (including phenoxy) is 1. The Balaban J connectivity index is 0. The van der Waals surface area contributed by atoms with E-state index >= 15 is 0 Å². The van der Waals surface area contributed by atoms with Gasteiger partial charge in [0.15, 0.2) is 0 Å². The summed E-state index contributed by atoms with van der Waals surface area (Å²) in [6, 6.07) is 0. The Labute approximate surface area is 277 Å². The quantitative estimate of drug-likeness (QED) is 0.0385. The number of hydrogen-bond donors (Lipinski definition) is 3. The fourth-order valence-electron chi connectivity index (χ4n) is 4.74. The van der Waals surface area contributed by atoms with Gasteiger partial charge in [0.2, 0.25) is 0 Å². The Kier molecular flexibility index (Phi) is 40.3. The maximum Gasteiger partial charge on any atom is 0.305 e. The van der Waals surface area contributed by atoms with Crippen LogP contribution in [0.4, 0.5) is 0 Å². The van der Waals surface area contributed by atoms with Gasteiger partial charge in [-0.3, -0.25) is 9.59 Å². The third-order valence-electron chi connectivity index (χ3n) is 7.63. The monoisotopic (exact) mass is 637 g/mol. The Morgan fingerprint density at radius 3 is 1.40 bits per heavy atom. The van der Waals surface area contributed by atoms with E-state index in [1.54, 1.807) is 0 Å². The zero-order valence-corrected chi connectivity index (χ0v) is 29.4. The molecule has 0 aromatic rings. The van der Waals surface area contributed by atoms with E-state index in [-0.39, 0.29) is 19.2 Å². The average molecular weight is 637 g/mol. The van der Waals surface area contributed by atoms with E-state index in [0.717, 1.165) is 51.4 Å². The first-order valence-electron chi connectivity index (χ1n) is 18.6. The van der Waals surface area contributed by atoms with Crippen LogP contribution in [0.2, 0.25) is 0 Å². The molecule has 0 aliphatic rings. The van der Waals surface area contributed by atoms with Gasteiger partial charge in [-0.05, 0) is 70.6 Å². The number of rotatable bonds is 32. The summed E-state index contributed by atoms with van der Waals surface area (Å²) >= 11 is 0. The largest absolute Gasteiger partial charge is 0.481 e. The molecule has 1 unspecified atom stereocenters. The molecule has 45 heavy (non-hydrogen) atoms. The topological polar surface area (TPSA) is 104 Å². The zero-order valence-electron chi connectivity index (χ0n) is 29.4. The van der Waals surface area contributed by atoms with Crippen LogP contribution in [0.15, 0.2) is 36.5 Å². The lowest BCUT2D eigenvalue weighted by molar-refractivity contribution is -0.147. The minimum atomic E-state index is -0.960. The predicted octanol–water partition coefficient (Wildman–Crippen LogP) is 10.8. The molecule has 6 nitrogen and oxygen atoms in total. The Morgan fingerprint density at radius 2 is 0.933 bits per heavy atom. The molecular formula is C39H72O6. The van der Waals surface area contributed by atoms with Gasteiger partial charge in [0.1, 0.15) is 12.7 Å². The molecule has 0 aliphatic heterocycles. The van der Waals surface area contributed by atoms with Crippen LogP contribution in [0.25, 0.3) is 0 Å². The van der Waals surface area contributed by atoms with Crippen molar-refractivity contribution < 1.29 is 29.6 Å². The van der Waals surface area contributed by atoms with Gasteiger partial charge in [-0.15, -0.1) is 0 Å². The van der Waals surface area contributed by atoms with Gasteiger partial charge in [-0.25, -0.2) is 0 Å². The second kappa shape index (κ2) is 40.1. The Hall–Kier alpha value is -1.92. The predicted molar refractivity (Wildman–Crippen MR) is 190 cm³/mol. The second-order valence-corrected chi connectivity index (χ2v) is 12.2. The van der Waals surface area contributed by atoms with Crippen molar-refractivity contribution in [3.05, 3.63) is 36.5 Å². The van der Waals surface area contributed by atoms with Gasteiger partial charge in [-0.1, -0.05) is 134 Å². The lowest BCUT2D eigenvalue weighted by Gasteiger charge is -2.08. The van der Waals surface area contributed by atoms with E-state index < -0.39 is 12.1 Å². The highest BCUT2D eigenvalue weighted by Gasteiger charge is 2.07. The van der Waals surface area contributed by atoms with E-state index in [1.165, 1.54) is 103 Å². The van der Waals surface area contributed by atoms with E-state index in [1.807, 2.05) is 0 Å². The lowest BCUT2D eigenvalue weighted by atomic mass is 10.1. The van der Waals surface area contributed by atoms with Crippen LogP contribution in [0.5, 0.6) is 0 Å². The number of aliphatic hydroxyl groups is 2. The summed E-state index contributed by atoms with van der Waals surface area (Å²) in [6.07, 6.45) is 42.4. The molecule has 0 spiro atoms. The van der Waals surface area contributed by atoms with Crippen molar-refractivity contribution in [1.82, 2.24) is 0 Å². The standard InChI is InChI=1S/C21H40O4.C18H32O2/c1-2-3-4-5-6-7-8-9-10-11-12-13-14-15-16-17-21(24)25-19-20(23)18-22;1-2-3-4-5-6-7-8-9-10-11-12-13-14-15-16-17-18(19)20/h9-10,20,22-23H,2-8,11-19H2,1H3;6-7,9-10H,2-5,8,11-17H2,1H3,(H,19,20)/b10-9-;7-6-,10-9-. The van der Waals surface area contributed by atoms with E-state index in [4.69, 9.17) is 20.1 Å². The summed E-state index contributed by atoms with van der Waals surface area (Å²) in [5.41, 5.74) is 0. The van der Waals surface area contributed by atoms with Gasteiger partial charge < -0.3 is 20.1 Å². The van der Waals surface area contributed by atoms with Crippen LogP contribution in [0, 0.1) is 0 Å². The van der Waals surface area contributed by atoms with Crippen LogP contribution in [0.3, 0.4) is 0 Å². The molecule has 0 radical (unpaired) electrons. The number of carboxylic acid groups (broad SMARTS) is 1. The number of aliphatic carboxylic acids is 1. The van der Waals surface area contributed by atoms with Crippen molar-refractivity contribution in [3.63, 3.8) is 0 Å². The zero-order chi connectivity index (χ0) is 33.5. The molecule has 0 heterocycles. The van der Waals surface area contributed by atoms with Gasteiger partial charge in [0, 0.05) is 12.8 Å². The summed E-state index contributed by atoms with van der Waals surface area (Å²) in [5, 5.41) is 26.2. The molecule has 0 bridgehead atoms. The third kappa shape index (κ3) is 44.3. The number of unbranched alkanes of at least 4 members (excludes halogenated alkanes) is 19. The first-order valence-corrected chi connectivity index (χ1v) is 18.6. The first kappa shape index (κ1) is 45.2. The minimum absolute atomic E-state index is 0.111. The Morgan fingerprint density at radius 1 is 0.556 bits per heavy atom. The summed E-state index contributed by atoms with van der Waals surface area (Å²) < 4.78 is 4.86. The van der Waals surface area contributed by atoms with E-state index in [0.29, 0.717) is 12.8 Å². The van der Waals surface area contributed by atoms with Crippen LogP contribution in [-0.2, 0) is 14.3 Å². The number of hydrogen-bond acceptors (Lipinski definition) is 5. The number of esters is 1. The molecule has 0 aliphatic carbocycles. The highest BCUT2D eigenvalue weighted by Crippen LogP contribution is 2.11. The van der Waals surface area contributed by atoms with Crippen molar-refractivity contribution in [1.29, 1.82) is 0 Å². The summed E-state index contributed by atoms with van der Waals surface area (Å²) in [6.45, 7) is 4.00. The molecule has 0 aromatic heterocycles. The van der Waals surface area contributed by atoms with Crippen molar-refractivity contribution >= 4 is 11.9 Å². The van der Waals surface area contributed by atoms with Crippen molar-refractivity contribution in [2.45, 2.75) is 187 Å². The van der Waals surface area contributed by atoms with E-state index in [9.17, 15) is 9.59 Å². The van der Waals surface area contributed by atoms with E-state index in [2.05, 4.69) is 50.3 Å². The van der Waals surface area contributed by atoms with Crippen molar-refractivity contribution in [2.24, 2.45) is 0 Å². The minimum Gasteiger partial charge on any atom is -0.481 e. The second-order valence-electron chi connectivity index (χ2n) is 12.2. The van der Waals surface area contributed by atoms with Crippen molar-refractivity contribution in [3.8, 4) is 0 Å². The Bertz CT molecular complexity index is 700. The van der Waals surface area contributed by atoms with Crippen molar-refractivity contribution in [2.75, 3.05) is 13.2 Å². The smallest absolute Gasteiger partial charge is 0.305 e. The fourth-order valence-corrected chi connectivity index (χ4v) is 4.74. The summed E-state index contributed by atoms with van der Waals surface area (Å²) in [4.78, 5) is 21.7. The average Bonchev–Trinajstić information content (AvgIpc) is 3.03. The molecule has 0 aromatic carbocycles. The van der Waals surface area contributed by atoms with Crippen LogP contribution in [0.1, 0.15) is 181 Å². The summed E-state index contributed by atoms with van der Waals surface area (Å²) in [7, 11) is 0. The summed E-state index contributed by atoms with van der Waals surface area (Å²) in [5.74, 6) is -0.958. The molecule has 1 atom stereocenters. The molecule has 3 N–H and O–H groups in total. The highest BCUT2D eigenvalue weighted by molar-refractivity contribution is 5.69. The van der Waals surface area contributed by atoms with Gasteiger partial charge >= 0.3 is 11.9 Å². The fraction of sp³-hybridized carbons (Fsp3) is 0.795. The van der Waals surface area contributed by atoms with Gasteiger partial charge in [0.25, 0.3) is 0 Å². The molecule has 0 saturated carbocycles. The molecule has 6 heteroatoms. The number of allylic oxidation sites excluding steroid dienone is 6. The SMILES string of the molecule is CCCCC/C=C\C/C=C\CCCCCCCC(=O)O.CCCCCCCC/C=C\CCCCCCCC(=O)OCC(O)CO. The molecule has 0 rings (SSSR count). The molecule has 264 valence electrons. The molecular weight excluding hydrogens is 564 g/mol. The lowest BCUT2D eigenvalue weighted by Crippen LogP contribution is -2.21. The van der Waals surface area contributed by atoms with Gasteiger partial charge in [-0.2, -0.15) is 0 Å². The number of carboxylic acids is 1. The van der Waals surface area contributed by atoms with Crippen LogP contribution < -0.4 is 0 Å². The number of carbonyl (C=O) groups excluding carboxylic acids is 1. The normalized spacial score (nSPS) is 12.2. The first-order chi connectivity index (χ1) is 22.0. The molecule has 0 saturated heterocycles.